The quantitative estimate of drug-likeness (QED) is 0.541. The molecule has 1 heterocycles. The minimum atomic E-state index is -0.212. The van der Waals surface area contributed by atoms with Crippen LogP contribution in [0.25, 0.3) is 0 Å². The van der Waals surface area contributed by atoms with E-state index in [0.717, 1.165) is 31.9 Å². The first-order valence-electron chi connectivity index (χ1n) is 10.6. The van der Waals surface area contributed by atoms with Crippen LogP contribution in [-0.2, 0) is 17.8 Å². The van der Waals surface area contributed by atoms with Crippen molar-refractivity contribution in [2.45, 2.75) is 58.8 Å². The van der Waals surface area contributed by atoms with Crippen molar-refractivity contribution in [3.05, 3.63) is 35.4 Å². The van der Waals surface area contributed by atoms with Gasteiger partial charge < -0.3 is 20.3 Å². The Morgan fingerprint density at radius 3 is 2.52 bits per heavy atom. The van der Waals surface area contributed by atoms with Crippen LogP contribution in [0, 0.1) is 0 Å². The maximum atomic E-state index is 11.8. The number of rotatable bonds is 7. The lowest BCUT2D eigenvalue weighted by molar-refractivity contribution is 0.0963. The van der Waals surface area contributed by atoms with Crippen LogP contribution in [0.15, 0.2) is 29.3 Å². The number of amides is 1. The van der Waals surface area contributed by atoms with Crippen molar-refractivity contribution in [3.8, 4) is 0 Å². The van der Waals surface area contributed by atoms with E-state index in [0.29, 0.717) is 31.8 Å². The molecular formula is C22H37N5O2. The van der Waals surface area contributed by atoms with E-state index in [9.17, 15) is 4.79 Å². The molecule has 29 heavy (non-hydrogen) atoms. The second-order valence-corrected chi connectivity index (χ2v) is 7.81. The van der Waals surface area contributed by atoms with Gasteiger partial charge in [0.1, 0.15) is 0 Å². The van der Waals surface area contributed by atoms with E-state index in [1.807, 2.05) is 6.92 Å². The van der Waals surface area contributed by atoms with Gasteiger partial charge in [0, 0.05) is 45.3 Å². The van der Waals surface area contributed by atoms with Crippen LogP contribution in [0.3, 0.4) is 0 Å². The van der Waals surface area contributed by atoms with Crippen LogP contribution in [0.1, 0.15) is 44.7 Å². The van der Waals surface area contributed by atoms with Crippen LogP contribution in [0.5, 0.6) is 0 Å². The number of benzene rings is 1. The van der Waals surface area contributed by atoms with Crippen molar-refractivity contribution in [1.29, 1.82) is 0 Å². The third kappa shape index (κ3) is 7.24. The number of nitrogens with one attached hydrogen (secondary N) is 2. The van der Waals surface area contributed by atoms with E-state index in [1.165, 1.54) is 11.1 Å². The van der Waals surface area contributed by atoms with E-state index >= 15 is 0 Å². The predicted octanol–water partition coefficient (Wildman–Crippen LogP) is 2.81. The Hall–Kier alpha value is -2.28. The zero-order chi connectivity index (χ0) is 21.2. The van der Waals surface area contributed by atoms with Crippen LogP contribution in [-0.4, -0.2) is 67.7 Å². The Morgan fingerprint density at radius 2 is 1.93 bits per heavy atom. The molecule has 1 saturated heterocycles. The minimum Gasteiger partial charge on any atom is -0.450 e. The summed E-state index contributed by atoms with van der Waals surface area (Å²) in [6.45, 7) is 9.73. The summed E-state index contributed by atoms with van der Waals surface area (Å²) in [5.41, 5.74) is 2.61. The number of nitrogens with zero attached hydrogens (tertiary/aromatic N) is 3. The van der Waals surface area contributed by atoms with Gasteiger partial charge in [0.2, 0.25) is 0 Å². The van der Waals surface area contributed by atoms with E-state index in [1.54, 1.807) is 11.9 Å². The number of hydrogen-bond acceptors (Lipinski definition) is 4. The van der Waals surface area contributed by atoms with Crippen molar-refractivity contribution >= 4 is 12.1 Å². The number of carbonyl (C=O) groups excluding carboxylic acids is 1. The van der Waals surface area contributed by atoms with Crippen molar-refractivity contribution in [3.63, 3.8) is 0 Å². The SMILES string of the molecule is CCOC(=O)N1CCC(NC(=NC)NCc2ccccc2CN(C)C(C)C)CC1. The molecule has 0 aromatic heterocycles. The molecule has 1 fully saturated rings. The molecule has 2 rings (SSSR count). The molecule has 162 valence electrons. The highest BCUT2D eigenvalue weighted by molar-refractivity contribution is 5.80. The molecule has 7 heteroatoms. The molecular weight excluding hydrogens is 366 g/mol. The summed E-state index contributed by atoms with van der Waals surface area (Å²) < 4.78 is 5.09. The van der Waals surface area contributed by atoms with Crippen LogP contribution < -0.4 is 10.6 Å². The molecule has 0 bridgehead atoms. The number of likely N-dealkylation sites (tertiary alicyclic amines) is 1. The molecule has 1 amide bonds. The fraction of sp³-hybridized carbons (Fsp3) is 0.636. The van der Waals surface area contributed by atoms with Gasteiger partial charge in [-0.05, 0) is 51.8 Å². The normalized spacial score (nSPS) is 15.7. The third-order valence-electron chi connectivity index (χ3n) is 5.45. The zero-order valence-electron chi connectivity index (χ0n) is 18.6. The fourth-order valence-electron chi connectivity index (χ4n) is 3.32. The highest BCUT2D eigenvalue weighted by atomic mass is 16.6. The first kappa shape index (κ1) is 23.0. The van der Waals surface area contributed by atoms with E-state index < -0.39 is 0 Å². The molecule has 7 nitrogen and oxygen atoms in total. The van der Waals surface area contributed by atoms with Crippen molar-refractivity contribution in [2.75, 3.05) is 33.8 Å². The smallest absolute Gasteiger partial charge is 0.409 e. The van der Waals surface area contributed by atoms with Gasteiger partial charge in [-0.25, -0.2) is 4.79 Å². The first-order chi connectivity index (χ1) is 13.9. The standard InChI is InChI=1S/C22H37N5O2/c1-6-29-22(28)27-13-11-20(12-14-27)25-21(23-4)24-15-18-9-7-8-10-19(18)16-26(5)17(2)3/h7-10,17,20H,6,11-16H2,1-5H3,(H2,23,24,25). The summed E-state index contributed by atoms with van der Waals surface area (Å²) in [5.74, 6) is 0.798. The third-order valence-corrected chi connectivity index (χ3v) is 5.45. The van der Waals surface area contributed by atoms with Crippen LogP contribution >= 0.6 is 0 Å². The van der Waals surface area contributed by atoms with Crippen molar-refractivity contribution in [1.82, 2.24) is 20.4 Å². The van der Waals surface area contributed by atoms with Gasteiger partial charge in [-0.2, -0.15) is 0 Å². The van der Waals surface area contributed by atoms with Gasteiger partial charge >= 0.3 is 6.09 Å². The first-order valence-corrected chi connectivity index (χ1v) is 10.6. The Bertz CT molecular complexity index is 669. The predicted molar refractivity (Wildman–Crippen MR) is 118 cm³/mol. The lowest BCUT2D eigenvalue weighted by Gasteiger charge is -2.32. The Morgan fingerprint density at radius 1 is 1.28 bits per heavy atom. The van der Waals surface area contributed by atoms with Gasteiger partial charge in [-0.1, -0.05) is 24.3 Å². The molecule has 1 aliphatic rings. The fourth-order valence-corrected chi connectivity index (χ4v) is 3.32. The molecule has 0 aliphatic carbocycles. The number of hydrogen-bond donors (Lipinski definition) is 2. The van der Waals surface area contributed by atoms with Gasteiger partial charge in [0.05, 0.1) is 6.61 Å². The summed E-state index contributed by atoms with van der Waals surface area (Å²) in [5, 5.41) is 6.94. The van der Waals surface area contributed by atoms with E-state index in [-0.39, 0.29) is 6.09 Å². The number of carbonyl (C=O) groups is 1. The van der Waals surface area contributed by atoms with Gasteiger partial charge in [-0.3, -0.25) is 9.89 Å². The topological polar surface area (TPSA) is 69.2 Å². The molecule has 1 aromatic carbocycles. The second kappa shape index (κ2) is 11.7. The van der Waals surface area contributed by atoms with Gasteiger partial charge in [0.25, 0.3) is 0 Å². The summed E-state index contributed by atoms with van der Waals surface area (Å²) in [6.07, 6.45) is 1.56. The number of ether oxygens (including phenoxy) is 1. The lowest BCUT2D eigenvalue weighted by Crippen LogP contribution is -2.49. The van der Waals surface area contributed by atoms with E-state index in [2.05, 4.69) is 65.7 Å². The number of aliphatic imine (C=N–C) groups is 1. The maximum absolute atomic E-state index is 11.8. The largest absolute Gasteiger partial charge is 0.450 e. The Labute approximate surface area is 175 Å². The molecule has 0 radical (unpaired) electrons. The Kier molecular flexibility index (Phi) is 9.25. The number of piperidine rings is 1. The lowest BCUT2D eigenvalue weighted by atomic mass is 10.1. The molecule has 0 spiro atoms. The molecule has 0 unspecified atom stereocenters. The van der Waals surface area contributed by atoms with Gasteiger partial charge in [-0.15, -0.1) is 0 Å². The minimum absolute atomic E-state index is 0.212. The molecule has 1 aromatic rings. The average Bonchev–Trinajstić information content (AvgIpc) is 2.72. The van der Waals surface area contributed by atoms with Crippen LogP contribution in [0.2, 0.25) is 0 Å². The summed E-state index contributed by atoms with van der Waals surface area (Å²) in [7, 11) is 3.94. The number of guanidine groups is 1. The molecule has 0 saturated carbocycles. The average molecular weight is 404 g/mol. The Balaban J connectivity index is 1.85. The van der Waals surface area contributed by atoms with Crippen LogP contribution in [0.4, 0.5) is 4.79 Å². The molecule has 2 N–H and O–H groups in total. The summed E-state index contributed by atoms with van der Waals surface area (Å²) >= 11 is 0. The highest BCUT2D eigenvalue weighted by Crippen LogP contribution is 2.13. The van der Waals surface area contributed by atoms with Crippen molar-refractivity contribution in [2.24, 2.45) is 4.99 Å². The maximum Gasteiger partial charge on any atom is 0.409 e. The summed E-state index contributed by atoms with van der Waals surface area (Å²) in [4.78, 5) is 20.3. The van der Waals surface area contributed by atoms with Gasteiger partial charge in [0.15, 0.2) is 5.96 Å². The summed E-state index contributed by atoms with van der Waals surface area (Å²) in [6, 6.07) is 9.34. The zero-order valence-corrected chi connectivity index (χ0v) is 18.6. The second-order valence-electron chi connectivity index (χ2n) is 7.81. The van der Waals surface area contributed by atoms with E-state index in [4.69, 9.17) is 4.74 Å². The monoisotopic (exact) mass is 403 g/mol. The van der Waals surface area contributed by atoms with Crippen molar-refractivity contribution < 1.29 is 9.53 Å². The molecule has 0 atom stereocenters. The molecule has 1 aliphatic heterocycles. The highest BCUT2D eigenvalue weighted by Gasteiger charge is 2.24.